The number of benzene rings is 2. The van der Waals surface area contributed by atoms with Crippen molar-refractivity contribution < 1.29 is 4.79 Å². The second-order valence-corrected chi connectivity index (χ2v) is 8.16. The Morgan fingerprint density at radius 2 is 1.89 bits per heavy atom. The zero-order valence-corrected chi connectivity index (χ0v) is 15.9. The first-order valence-electron chi connectivity index (χ1n) is 9.50. The number of hydrogen-bond donors (Lipinski definition) is 2. The van der Waals surface area contributed by atoms with Crippen molar-refractivity contribution in [3.8, 4) is 0 Å². The summed E-state index contributed by atoms with van der Waals surface area (Å²) in [6.45, 7) is 3.35. The van der Waals surface area contributed by atoms with Crippen molar-refractivity contribution in [2.75, 3.05) is 13.1 Å². The van der Waals surface area contributed by atoms with Crippen LogP contribution in [-0.4, -0.2) is 28.9 Å². The Labute approximate surface area is 163 Å². The molecule has 5 rings (SSSR count). The number of halogens is 1. The summed E-state index contributed by atoms with van der Waals surface area (Å²) in [6.07, 6.45) is 1.73. The van der Waals surface area contributed by atoms with E-state index in [1.165, 1.54) is 16.8 Å². The van der Waals surface area contributed by atoms with Gasteiger partial charge in [0.1, 0.15) is 0 Å². The second kappa shape index (κ2) is 6.39. The molecule has 2 aliphatic heterocycles. The Bertz CT molecular complexity index is 1020. The van der Waals surface area contributed by atoms with Gasteiger partial charge in [0.2, 0.25) is 5.91 Å². The average molecular weight is 380 g/mol. The molecule has 2 N–H and O–H groups in total. The van der Waals surface area contributed by atoms with E-state index in [0.717, 1.165) is 48.4 Å². The van der Waals surface area contributed by atoms with Crippen LogP contribution in [0.4, 0.5) is 0 Å². The summed E-state index contributed by atoms with van der Waals surface area (Å²) >= 11 is 6.10. The maximum absolute atomic E-state index is 12.8. The minimum Gasteiger partial charge on any atom is -0.357 e. The van der Waals surface area contributed by atoms with Crippen molar-refractivity contribution in [1.82, 2.24) is 15.2 Å². The lowest BCUT2D eigenvalue weighted by atomic mass is 9.68. The van der Waals surface area contributed by atoms with E-state index in [1.54, 1.807) is 0 Å². The maximum atomic E-state index is 12.8. The van der Waals surface area contributed by atoms with Crippen LogP contribution in [-0.2, 0) is 23.3 Å². The fraction of sp³-hybridized carbons (Fsp3) is 0.318. The number of hydrogen-bond acceptors (Lipinski definition) is 2. The lowest BCUT2D eigenvalue weighted by Gasteiger charge is -2.44. The highest BCUT2D eigenvalue weighted by molar-refractivity contribution is 6.31. The Kier molecular flexibility index (Phi) is 3.99. The van der Waals surface area contributed by atoms with E-state index in [1.807, 2.05) is 18.2 Å². The molecule has 0 atom stereocenters. The largest absolute Gasteiger partial charge is 0.357 e. The Hall–Kier alpha value is -2.30. The van der Waals surface area contributed by atoms with Gasteiger partial charge in [0.25, 0.3) is 0 Å². The summed E-state index contributed by atoms with van der Waals surface area (Å²) in [5.41, 5.74) is 4.44. The molecule has 0 aliphatic carbocycles. The molecule has 2 aliphatic rings. The van der Waals surface area contributed by atoms with Crippen LogP contribution in [0.5, 0.6) is 0 Å². The summed E-state index contributed by atoms with van der Waals surface area (Å²) < 4.78 is 0. The average Bonchev–Trinajstić information content (AvgIpc) is 3.08. The molecule has 1 amide bonds. The third-order valence-electron chi connectivity index (χ3n) is 6.15. The van der Waals surface area contributed by atoms with Crippen molar-refractivity contribution in [3.05, 3.63) is 70.4 Å². The molecule has 1 spiro atoms. The van der Waals surface area contributed by atoms with Crippen LogP contribution in [0.25, 0.3) is 10.9 Å². The SMILES string of the molecule is O=C1NCc2ccccc2C12CCN(Cc1cc3cc(Cl)ccc3[nH]1)CC2. The molecule has 0 radical (unpaired) electrons. The zero-order valence-electron chi connectivity index (χ0n) is 15.1. The van der Waals surface area contributed by atoms with Crippen LogP contribution in [0.2, 0.25) is 5.02 Å². The highest BCUT2D eigenvalue weighted by Gasteiger charge is 2.45. The molecular formula is C22H22ClN3O. The lowest BCUT2D eigenvalue weighted by Crippen LogP contribution is -2.54. The summed E-state index contributed by atoms with van der Waals surface area (Å²) in [7, 11) is 0. The van der Waals surface area contributed by atoms with Crippen LogP contribution in [0.3, 0.4) is 0 Å². The molecule has 1 saturated heterocycles. The van der Waals surface area contributed by atoms with Gasteiger partial charge in [0, 0.05) is 34.7 Å². The first-order valence-corrected chi connectivity index (χ1v) is 9.88. The number of piperidine rings is 1. The normalized spacial score (nSPS) is 19.2. The number of H-pyrrole nitrogens is 1. The van der Waals surface area contributed by atoms with Gasteiger partial charge in [-0.2, -0.15) is 0 Å². The summed E-state index contributed by atoms with van der Waals surface area (Å²) in [5.74, 6) is 0.195. The molecule has 5 heteroatoms. The van der Waals surface area contributed by atoms with Crippen LogP contribution < -0.4 is 5.32 Å². The summed E-state index contributed by atoms with van der Waals surface area (Å²) in [6, 6.07) is 16.5. The highest BCUT2D eigenvalue weighted by Crippen LogP contribution is 2.40. The van der Waals surface area contributed by atoms with E-state index >= 15 is 0 Å². The third kappa shape index (κ3) is 2.84. The fourth-order valence-electron chi connectivity index (χ4n) is 4.69. The first kappa shape index (κ1) is 16.8. The van der Waals surface area contributed by atoms with Crippen LogP contribution >= 0.6 is 11.6 Å². The van der Waals surface area contributed by atoms with Crippen LogP contribution in [0, 0.1) is 0 Å². The van der Waals surface area contributed by atoms with E-state index in [-0.39, 0.29) is 11.3 Å². The molecular weight excluding hydrogens is 358 g/mol. The Balaban J connectivity index is 1.35. The van der Waals surface area contributed by atoms with Crippen LogP contribution in [0.15, 0.2) is 48.5 Å². The monoisotopic (exact) mass is 379 g/mol. The standard InChI is InChI=1S/C22H22ClN3O/c23-17-5-6-20-16(11-17)12-18(25-20)14-26-9-7-22(8-10-26)19-4-2-1-3-15(19)13-24-21(22)27/h1-6,11-12,25H,7-10,13-14H2,(H,24,27). The molecule has 3 aromatic rings. The van der Waals surface area contributed by atoms with Crippen molar-refractivity contribution in [3.63, 3.8) is 0 Å². The summed E-state index contributed by atoms with van der Waals surface area (Å²) in [5, 5.41) is 5.01. The number of carbonyl (C=O) groups is 1. The number of aromatic amines is 1. The number of nitrogens with one attached hydrogen (secondary N) is 2. The van der Waals surface area contributed by atoms with Gasteiger partial charge in [-0.3, -0.25) is 9.69 Å². The minimum absolute atomic E-state index is 0.195. The number of amides is 1. The van der Waals surface area contributed by atoms with Gasteiger partial charge in [0.15, 0.2) is 0 Å². The Morgan fingerprint density at radius 1 is 1.07 bits per heavy atom. The molecule has 1 aromatic heterocycles. The molecule has 0 saturated carbocycles. The third-order valence-corrected chi connectivity index (χ3v) is 6.38. The molecule has 0 bridgehead atoms. The number of aromatic nitrogens is 1. The molecule has 0 unspecified atom stereocenters. The van der Waals surface area contributed by atoms with Gasteiger partial charge in [-0.1, -0.05) is 35.9 Å². The van der Waals surface area contributed by atoms with Crippen molar-refractivity contribution in [2.24, 2.45) is 0 Å². The molecule has 2 aromatic carbocycles. The number of nitrogens with zero attached hydrogens (tertiary/aromatic N) is 1. The molecule has 4 nitrogen and oxygen atoms in total. The second-order valence-electron chi connectivity index (χ2n) is 7.72. The maximum Gasteiger partial charge on any atom is 0.231 e. The quantitative estimate of drug-likeness (QED) is 0.707. The Morgan fingerprint density at radius 3 is 2.74 bits per heavy atom. The minimum atomic E-state index is -0.362. The van der Waals surface area contributed by atoms with Crippen molar-refractivity contribution >= 4 is 28.4 Å². The van der Waals surface area contributed by atoms with E-state index in [2.05, 4.69) is 45.5 Å². The van der Waals surface area contributed by atoms with Gasteiger partial charge in [-0.05, 0) is 61.3 Å². The fourth-order valence-corrected chi connectivity index (χ4v) is 4.87. The van der Waals surface area contributed by atoms with E-state index in [9.17, 15) is 4.79 Å². The van der Waals surface area contributed by atoms with E-state index in [4.69, 9.17) is 11.6 Å². The summed E-state index contributed by atoms with van der Waals surface area (Å²) in [4.78, 5) is 18.7. The highest BCUT2D eigenvalue weighted by atomic mass is 35.5. The smallest absolute Gasteiger partial charge is 0.231 e. The molecule has 3 heterocycles. The molecule has 138 valence electrons. The van der Waals surface area contributed by atoms with Crippen LogP contribution in [0.1, 0.15) is 29.7 Å². The van der Waals surface area contributed by atoms with E-state index in [0.29, 0.717) is 6.54 Å². The van der Waals surface area contributed by atoms with Crippen molar-refractivity contribution in [2.45, 2.75) is 31.3 Å². The number of carbonyl (C=O) groups excluding carboxylic acids is 1. The van der Waals surface area contributed by atoms with Gasteiger partial charge >= 0.3 is 0 Å². The zero-order chi connectivity index (χ0) is 18.4. The van der Waals surface area contributed by atoms with Gasteiger partial charge in [0.05, 0.1) is 5.41 Å². The van der Waals surface area contributed by atoms with Gasteiger partial charge in [-0.25, -0.2) is 0 Å². The number of rotatable bonds is 2. The number of likely N-dealkylation sites (tertiary alicyclic amines) is 1. The topological polar surface area (TPSA) is 48.1 Å². The van der Waals surface area contributed by atoms with Gasteiger partial charge < -0.3 is 10.3 Å². The lowest BCUT2D eigenvalue weighted by molar-refractivity contribution is -0.129. The molecule has 27 heavy (non-hydrogen) atoms. The molecule has 1 fully saturated rings. The predicted octanol–water partition coefficient (Wildman–Crippen LogP) is 3.98. The predicted molar refractivity (Wildman–Crippen MR) is 108 cm³/mol. The van der Waals surface area contributed by atoms with E-state index < -0.39 is 0 Å². The number of fused-ring (bicyclic) bond motifs is 3. The van der Waals surface area contributed by atoms with Gasteiger partial charge in [-0.15, -0.1) is 0 Å². The van der Waals surface area contributed by atoms with Crippen molar-refractivity contribution in [1.29, 1.82) is 0 Å². The first-order chi connectivity index (χ1) is 13.1.